The number of nitrogens with zero attached hydrogens (tertiary/aromatic N) is 8. The standard InChI is InChI=1S/C20H25N9O.O2S/c1-25-7-9-26(10-8-25)11-12-27-17-16(13-22-27)18-24-28(14-15-5-3-2-4-6-15)20(30)29(18)19(21)23-17;1-3-2/h2-6,13H,7-12,14H2,1H3,(H2,21,23);. The van der Waals surface area contributed by atoms with Crippen molar-refractivity contribution in [3.63, 3.8) is 0 Å². The number of aromatic nitrogens is 6. The normalized spacial score (nSPS) is 14.9. The Hall–Kier alpha value is -3.42. The number of hydrogen-bond donors (Lipinski definition) is 1. The maximum atomic E-state index is 12.9. The molecule has 0 aliphatic carbocycles. The van der Waals surface area contributed by atoms with Crippen LogP contribution in [0.3, 0.4) is 0 Å². The third-order valence-electron chi connectivity index (χ3n) is 5.74. The lowest BCUT2D eigenvalue weighted by molar-refractivity contribution is 0.149. The van der Waals surface area contributed by atoms with E-state index in [1.54, 1.807) is 6.20 Å². The minimum Gasteiger partial charge on any atom is -0.369 e. The summed E-state index contributed by atoms with van der Waals surface area (Å²) in [5, 5.41) is 9.78. The Bertz CT molecular complexity index is 1330. The number of hydrogen-bond acceptors (Lipinski definition) is 9. The molecule has 0 spiro atoms. The summed E-state index contributed by atoms with van der Waals surface area (Å²) in [6.07, 6.45) is 1.72. The van der Waals surface area contributed by atoms with Crippen LogP contribution >= 0.6 is 0 Å². The lowest BCUT2D eigenvalue weighted by Crippen LogP contribution is -2.45. The maximum Gasteiger partial charge on any atom is 0.353 e. The first-order valence-electron chi connectivity index (χ1n) is 10.5. The first-order chi connectivity index (χ1) is 16.0. The van der Waals surface area contributed by atoms with Gasteiger partial charge >= 0.3 is 17.3 Å². The fraction of sp³-hybridized carbons (Fsp3) is 0.400. The van der Waals surface area contributed by atoms with Gasteiger partial charge in [0.25, 0.3) is 0 Å². The first kappa shape index (κ1) is 22.8. The van der Waals surface area contributed by atoms with E-state index >= 15 is 0 Å². The number of likely N-dealkylation sites (N-methyl/N-ethyl adjacent to an activating group) is 1. The van der Waals surface area contributed by atoms with Crippen LogP contribution in [0.15, 0.2) is 41.3 Å². The molecule has 1 aliphatic heterocycles. The summed E-state index contributed by atoms with van der Waals surface area (Å²) in [4.78, 5) is 22.1. The summed E-state index contributed by atoms with van der Waals surface area (Å²) in [6, 6.07) is 9.75. The van der Waals surface area contributed by atoms with Crippen molar-refractivity contribution in [2.75, 3.05) is 45.5 Å². The van der Waals surface area contributed by atoms with E-state index in [2.05, 4.69) is 32.0 Å². The van der Waals surface area contributed by atoms with Gasteiger partial charge in [-0.3, -0.25) is 4.90 Å². The van der Waals surface area contributed by atoms with Crippen LogP contribution in [0.5, 0.6) is 0 Å². The van der Waals surface area contributed by atoms with Crippen LogP contribution in [0.2, 0.25) is 0 Å². The zero-order valence-electron chi connectivity index (χ0n) is 18.2. The van der Waals surface area contributed by atoms with Crippen LogP contribution in [-0.4, -0.2) is 86.9 Å². The molecule has 0 unspecified atom stereocenters. The average molecular weight is 472 g/mol. The summed E-state index contributed by atoms with van der Waals surface area (Å²) in [5.41, 5.74) is 8.00. The van der Waals surface area contributed by atoms with Crippen LogP contribution in [0.4, 0.5) is 5.95 Å². The maximum absolute atomic E-state index is 12.9. The molecule has 4 aromatic rings. The summed E-state index contributed by atoms with van der Waals surface area (Å²) in [6.45, 7) is 6.24. The third-order valence-corrected chi connectivity index (χ3v) is 5.74. The van der Waals surface area contributed by atoms with Crippen LogP contribution in [0.25, 0.3) is 16.7 Å². The number of nitrogen functional groups attached to an aromatic ring is 1. The van der Waals surface area contributed by atoms with Crippen LogP contribution < -0.4 is 11.4 Å². The monoisotopic (exact) mass is 471 g/mol. The fourth-order valence-electron chi connectivity index (χ4n) is 3.93. The summed E-state index contributed by atoms with van der Waals surface area (Å²) >= 11 is -0.750. The molecule has 2 N–H and O–H groups in total. The second-order valence-corrected chi connectivity index (χ2v) is 8.01. The number of fused-ring (bicyclic) bond motifs is 3. The van der Waals surface area contributed by atoms with Gasteiger partial charge in [0, 0.05) is 32.7 Å². The zero-order valence-corrected chi connectivity index (χ0v) is 19.0. The largest absolute Gasteiger partial charge is 0.369 e. The molecule has 174 valence electrons. The number of anilines is 1. The lowest BCUT2D eigenvalue weighted by atomic mass is 10.2. The van der Waals surface area contributed by atoms with Crippen molar-refractivity contribution in [3.8, 4) is 0 Å². The van der Waals surface area contributed by atoms with E-state index in [1.807, 2.05) is 35.0 Å². The van der Waals surface area contributed by atoms with Crippen molar-refractivity contribution in [1.29, 1.82) is 0 Å². The highest BCUT2D eigenvalue weighted by atomic mass is 32.1. The minimum absolute atomic E-state index is 0.128. The predicted octanol–water partition coefficient (Wildman–Crippen LogP) is -0.552. The van der Waals surface area contributed by atoms with Gasteiger partial charge in [-0.15, -0.1) is 5.10 Å². The number of piperazine rings is 1. The molecule has 4 heterocycles. The van der Waals surface area contributed by atoms with Crippen molar-refractivity contribution in [1.82, 2.24) is 38.7 Å². The Morgan fingerprint density at radius 2 is 1.70 bits per heavy atom. The van der Waals surface area contributed by atoms with Crippen LogP contribution in [0.1, 0.15) is 5.56 Å². The van der Waals surface area contributed by atoms with Gasteiger partial charge < -0.3 is 10.6 Å². The molecule has 13 heteroatoms. The van der Waals surface area contributed by atoms with E-state index in [0.29, 0.717) is 24.4 Å². The van der Waals surface area contributed by atoms with Crippen molar-refractivity contribution in [2.24, 2.45) is 0 Å². The summed E-state index contributed by atoms with van der Waals surface area (Å²) in [7, 11) is 2.15. The minimum atomic E-state index is -0.750. The van der Waals surface area contributed by atoms with Crippen LogP contribution in [-0.2, 0) is 24.7 Å². The molecule has 3 aromatic heterocycles. The predicted molar refractivity (Wildman–Crippen MR) is 123 cm³/mol. The summed E-state index contributed by atoms with van der Waals surface area (Å²) < 4.78 is 21.2. The quantitative estimate of drug-likeness (QED) is 0.406. The molecule has 1 fully saturated rings. The Kier molecular flexibility index (Phi) is 6.91. The highest BCUT2D eigenvalue weighted by molar-refractivity contribution is 7.51. The van der Waals surface area contributed by atoms with Crippen LogP contribution in [0, 0.1) is 0 Å². The lowest BCUT2D eigenvalue weighted by Gasteiger charge is -2.32. The number of benzene rings is 1. The van der Waals surface area contributed by atoms with Crippen molar-refractivity contribution in [3.05, 3.63) is 52.6 Å². The molecule has 0 saturated carbocycles. The van der Waals surface area contributed by atoms with Gasteiger partial charge in [-0.2, -0.15) is 18.5 Å². The molecule has 0 amide bonds. The van der Waals surface area contributed by atoms with Gasteiger partial charge in [0.15, 0.2) is 11.3 Å². The number of rotatable bonds is 5. The fourth-order valence-corrected chi connectivity index (χ4v) is 3.93. The van der Waals surface area contributed by atoms with E-state index in [4.69, 9.17) is 14.2 Å². The topological polar surface area (TPSA) is 137 Å². The Morgan fingerprint density at radius 1 is 1.00 bits per heavy atom. The van der Waals surface area contributed by atoms with Crippen molar-refractivity contribution < 1.29 is 8.42 Å². The molecule has 0 atom stereocenters. The third kappa shape index (κ3) is 4.84. The highest BCUT2D eigenvalue weighted by Gasteiger charge is 2.19. The van der Waals surface area contributed by atoms with E-state index in [9.17, 15) is 4.79 Å². The second-order valence-electron chi connectivity index (χ2n) is 7.87. The smallest absolute Gasteiger partial charge is 0.353 e. The molecule has 33 heavy (non-hydrogen) atoms. The van der Waals surface area contributed by atoms with Crippen molar-refractivity contribution in [2.45, 2.75) is 13.1 Å². The molecule has 1 saturated heterocycles. The van der Waals surface area contributed by atoms with Crippen molar-refractivity contribution >= 4 is 34.2 Å². The molecular formula is C20H25N9O3S. The Morgan fingerprint density at radius 3 is 2.39 bits per heavy atom. The molecule has 0 bridgehead atoms. The Balaban J connectivity index is 0.000000821. The van der Waals surface area contributed by atoms with E-state index < -0.39 is 11.6 Å². The van der Waals surface area contributed by atoms with Gasteiger partial charge in [-0.05, 0) is 12.6 Å². The zero-order chi connectivity index (χ0) is 23.4. The SMILES string of the molecule is CN1CCN(CCn2ncc3c2nc(N)n2c(=O)n(Cc4ccccc4)nc32)CC1.O=S=O. The molecule has 1 aromatic carbocycles. The van der Waals surface area contributed by atoms with Gasteiger partial charge in [0.2, 0.25) is 5.95 Å². The van der Waals surface area contributed by atoms with E-state index in [1.165, 1.54) is 9.08 Å². The van der Waals surface area contributed by atoms with Gasteiger partial charge in [0.1, 0.15) is 0 Å². The first-order valence-corrected chi connectivity index (χ1v) is 11.2. The van der Waals surface area contributed by atoms with E-state index in [-0.39, 0.29) is 11.6 Å². The highest BCUT2D eigenvalue weighted by Crippen LogP contribution is 2.18. The number of nitrogens with two attached hydrogens (primary N) is 1. The van der Waals surface area contributed by atoms with E-state index in [0.717, 1.165) is 43.7 Å². The second kappa shape index (κ2) is 10.0. The Labute approximate surface area is 192 Å². The molecule has 1 aliphatic rings. The molecular weight excluding hydrogens is 446 g/mol. The van der Waals surface area contributed by atoms with Gasteiger partial charge in [-0.25, -0.2) is 18.6 Å². The van der Waals surface area contributed by atoms with Gasteiger partial charge in [-0.1, -0.05) is 30.3 Å². The van der Waals surface area contributed by atoms with Gasteiger partial charge in [0.05, 0.1) is 24.7 Å². The molecule has 0 radical (unpaired) electrons. The average Bonchev–Trinajstić information content (AvgIpc) is 3.36. The molecule has 5 rings (SSSR count). The molecule has 12 nitrogen and oxygen atoms in total. The summed E-state index contributed by atoms with van der Waals surface area (Å²) in [5.74, 6) is 0.128.